The highest BCUT2D eigenvalue weighted by molar-refractivity contribution is 7.12. The van der Waals surface area contributed by atoms with Crippen molar-refractivity contribution in [3.05, 3.63) is 40.1 Å². The zero-order valence-electron chi connectivity index (χ0n) is 16.9. The molecule has 3 rings (SSSR count). The van der Waals surface area contributed by atoms with Gasteiger partial charge in [0.2, 0.25) is 5.91 Å². The average molecular weight is 419 g/mol. The fraction of sp³-hybridized carbons (Fsp3) is 0.429. The molecule has 156 valence electrons. The van der Waals surface area contributed by atoms with Gasteiger partial charge >= 0.3 is 0 Å². The Kier molecular flexibility index (Phi) is 6.98. The summed E-state index contributed by atoms with van der Waals surface area (Å²) in [6.45, 7) is 1.42. The Bertz CT molecular complexity index is 853. The first-order chi connectivity index (χ1) is 14.1. The second-order valence-electron chi connectivity index (χ2n) is 6.80. The maximum atomic E-state index is 12.8. The molecule has 7 nitrogen and oxygen atoms in total. The van der Waals surface area contributed by atoms with Gasteiger partial charge in [0.15, 0.2) is 11.5 Å². The first kappa shape index (κ1) is 21.0. The van der Waals surface area contributed by atoms with Gasteiger partial charge < -0.3 is 24.4 Å². The van der Waals surface area contributed by atoms with E-state index < -0.39 is 0 Å². The van der Waals surface area contributed by atoms with Crippen molar-refractivity contribution in [3.8, 4) is 17.2 Å². The van der Waals surface area contributed by atoms with Crippen LogP contribution in [0.25, 0.3) is 0 Å². The molecular weight excluding hydrogens is 392 g/mol. The molecule has 1 aromatic heterocycles. The molecule has 0 aliphatic carbocycles. The van der Waals surface area contributed by atoms with Crippen molar-refractivity contribution in [2.75, 3.05) is 34.4 Å². The number of nitrogens with zero attached hydrogens (tertiary/aromatic N) is 1. The second-order valence-corrected chi connectivity index (χ2v) is 7.75. The summed E-state index contributed by atoms with van der Waals surface area (Å²) in [7, 11) is 4.70. The number of methoxy groups -OCH3 is 3. The predicted octanol–water partition coefficient (Wildman–Crippen LogP) is 2.94. The molecule has 0 saturated carbocycles. The van der Waals surface area contributed by atoms with Crippen molar-refractivity contribution in [3.63, 3.8) is 0 Å². The van der Waals surface area contributed by atoms with E-state index >= 15 is 0 Å². The number of benzene rings is 1. The molecule has 1 aliphatic rings. The highest BCUT2D eigenvalue weighted by Gasteiger charge is 2.29. The van der Waals surface area contributed by atoms with Crippen LogP contribution in [-0.2, 0) is 11.3 Å². The summed E-state index contributed by atoms with van der Waals surface area (Å²) >= 11 is 1.42. The predicted molar refractivity (Wildman–Crippen MR) is 111 cm³/mol. The zero-order chi connectivity index (χ0) is 20.8. The number of hydrogen-bond donors (Lipinski definition) is 1. The minimum Gasteiger partial charge on any atom is -0.496 e. The fourth-order valence-electron chi connectivity index (χ4n) is 3.49. The fourth-order valence-corrected chi connectivity index (χ4v) is 4.18. The number of carbonyl (C=O) groups is 2. The molecule has 1 N–H and O–H groups in total. The van der Waals surface area contributed by atoms with Crippen LogP contribution in [0.2, 0.25) is 0 Å². The molecule has 1 aromatic carbocycles. The van der Waals surface area contributed by atoms with Gasteiger partial charge in [0.05, 0.1) is 32.1 Å². The van der Waals surface area contributed by atoms with E-state index in [0.717, 1.165) is 18.4 Å². The Morgan fingerprint density at radius 1 is 1.14 bits per heavy atom. The standard InChI is InChI=1S/C21H26N2O5S/c1-26-16-11-18(28-3)17(27-2)10-15(16)12-22-20(24)14-6-4-8-23(13-14)21(25)19-7-5-9-29-19/h5,7,9-11,14H,4,6,8,12-13H2,1-3H3,(H,22,24). The van der Waals surface area contributed by atoms with Crippen LogP contribution in [0, 0.1) is 5.92 Å². The Labute approximate surface area is 174 Å². The summed E-state index contributed by atoms with van der Waals surface area (Å²) in [5.41, 5.74) is 0.792. The van der Waals surface area contributed by atoms with Crippen LogP contribution in [0.3, 0.4) is 0 Å². The van der Waals surface area contributed by atoms with Gasteiger partial charge in [-0.05, 0) is 30.4 Å². The van der Waals surface area contributed by atoms with Crippen molar-refractivity contribution < 1.29 is 23.8 Å². The molecule has 1 atom stereocenters. The SMILES string of the molecule is COc1cc(OC)c(OC)cc1CNC(=O)C1CCCN(C(=O)c2cccs2)C1. The molecule has 29 heavy (non-hydrogen) atoms. The number of likely N-dealkylation sites (tertiary alicyclic amines) is 1. The third kappa shape index (κ3) is 4.82. The van der Waals surface area contributed by atoms with Crippen LogP contribution in [0.15, 0.2) is 29.6 Å². The molecule has 0 bridgehead atoms. The highest BCUT2D eigenvalue weighted by atomic mass is 32.1. The summed E-state index contributed by atoms with van der Waals surface area (Å²) in [6, 6.07) is 7.22. The molecule has 1 unspecified atom stereocenters. The Hall–Kier alpha value is -2.74. The Morgan fingerprint density at radius 2 is 1.86 bits per heavy atom. The summed E-state index contributed by atoms with van der Waals surface area (Å²) in [6.07, 6.45) is 1.58. The lowest BCUT2D eigenvalue weighted by molar-refractivity contribution is -0.126. The average Bonchev–Trinajstić information content (AvgIpc) is 3.31. The van der Waals surface area contributed by atoms with E-state index in [9.17, 15) is 9.59 Å². The van der Waals surface area contributed by atoms with E-state index in [-0.39, 0.29) is 17.7 Å². The van der Waals surface area contributed by atoms with Crippen LogP contribution < -0.4 is 19.5 Å². The zero-order valence-corrected chi connectivity index (χ0v) is 17.7. The van der Waals surface area contributed by atoms with Gasteiger partial charge in [0, 0.05) is 31.3 Å². The lowest BCUT2D eigenvalue weighted by Crippen LogP contribution is -2.45. The topological polar surface area (TPSA) is 77.1 Å². The van der Waals surface area contributed by atoms with Gasteiger partial charge in [-0.1, -0.05) is 6.07 Å². The van der Waals surface area contributed by atoms with E-state index in [1.165, 1.54) is 11.3 Å². The maximum Gasteiger partial charge on any atom is 0.263 e. The number of amides is 2. The number of thiophene rings is 1. The lowest BCUT2D eigenvalue weighted by atomic mass is 9.97. The van der Waals surface area contributed by atoms with Gasteiger partial charge in [-0.15, -0.1) is 11.3 Å². The van der Waals surface area contributed by atoms with Crippen LogP contribution in [0.4, 0.5) is 0 Å². The van der Waals surface area contributed by atoms with Crippen molar-refractivity contribution >= 4 is 23.2 Å². The van der Waals surface area contributed by atoms with E-state index in [4.69, 9.17) is 14.2 Å². The first-order valence-corrected chi connectivity index (χ1v) is 10.3. The molecule has 1 fully saturated rings. The number of carbonyl (C=O) groups excluding carboxylic acids is 2. The summed E-state index contributed by atoms with van der Waals surface area (Å²) in [5, 5.41) is 4.86. The minimum atomic E-state index is -0.223. The Balaban J connectivity index is 1.64. The molecule has 2 amide bonds. The summed E-state index contributed by atoms with van der Waals surface area (Å²) < 4.78 is 16.0. The van der Waals surface area contributed by atoms with Crippen molar-refractivity contribution in [2.45, 2.75) is 19.4 Å². The molecule has 0 spiro atoms. The van der Waals surface area contributed by atoms with Gasteiger partial charge in [0.25, 0.3) is 5.91 Å². The highest BCUT2D eigenvalue weighted by Crippen LogP contribution is 2.34. The Morgan fingerprint density at radius 3 is 2.52 bits per heavy atom. The molecule has 0 radical (unpaired) electrons. The van der Waals surface area contributed by atoms with E-state index in [1.807, 2.05) is 17.5 Å². The van der Waals surface area contributed by atoms with Crippen LogP contribution in [0.1, 0.15) is 28.1 Å². The van der Waals surface area contributed by atoms with Crippen molar-refractivity contribution in [1.29, 1.82) is 0 Å². The normalized spacial score (nSPS) is 16.2. The summed E-state index contributed by atoms with van der Waals surface area (Å²) in [5.74, 6) is 1.46. The van der Waals surface area contributed by atoms with Gasteiger partial charge in [-0.2, -0.15) is 0 Å². The number of ether oxygens (including phenoxy) is 3. The van der Waals surface area contributed by atoms with E-state index in [1.54, 1.807) is 38.4 Å². The third-order valence-electron chi connectivity index (χ3n) is 5.05. The lowest BCUT2D eigenvalue weighted by Gasteiger charge is -2.31. The molecule has 1 aliphatic heterocycles. The number of rotatable bonds is 7. The summed E-state index contributed by atoms with van der Waals surface area (Å²) in [4.78, 5) is 27.8. The van der Waals surface area contributed by atoms with Crippen molar-refractivity contribution in [2.24, 2.45) is 5.92 Å². The number of piperidine rings is 1. The third-order valence-corrected chi connectivity index (χ3v) is 5.91. The number of nitrogens with one attached hydrogen (secondary N) is 1. The van der Waals surface area contributed by atoms with Gasteiger partial charge in [-0.25, -0.2) is 0 Å². The van der Waals surface area contributed by atoms with Crippen LogP contribution >= 0.6 is 11.3 Å². The quantitative estimate of drug-likeness (QED) is 0.748. The van der Waals surface area contributed by atoms with Gasteiger partial charge in [0.1, 0.15) is 5.75 Å². The van der Waals surface area contributed by atoms with Crippen LogP contribution in [0.5, 0.6) is 17.2 Å². The molecule has 1 saturated heterocycles. The molecule has 8 heteroatoms. The van der Waals surface area contributed by atoms with E-state index in [0.29, 0.717) is 41.8 Å². The second kappa shape index (κ2) is 9.65. The number of hydrogen-bond acceptors (Lipinski definition) is 6. The minimum absolute atomic E-state index is 0.000870. The molecule has 2 heterocycles. The molecule has 2 aromatic rings. The van der Waals surface area contributed by atoms with Crippen LogP contribution in [-0.4, -0.2) is 51.1 Å². The van der Waals surface area contributed by atoms with E-state index in [2.05, 4.69) is 5.32 Å². The van der Waals surface area contributed by atoms with Crippen molar-refractivity contribution in [1.82, 2.24) is 10.2 Å². The maximum absolute atomic E-state index is 12.8. The monoisotopic (exact) mass is 418 g/mol. The molecular formula is C21H26N2O5S. The largest absolute Gasteiger partial charge is 0.496 e. The van der Waals surface area contributed by atoms with Gasteiger partial charge in [-0.3, -0.25) is 9.59 Å². The first-order valence-electron chi connectivity index (χ1n) is 9.46. The smallest absolute Gasteiger partial charge is 0.263 e.